The molecule has 2 bridgehead atoms. The van der Waals surface area contributed by atoms with E-state index in [9.17, 15) is 9.59 Å². The maximum absolute atomic E-state index is 12.8. The number of fused-ring (bicyclic) bond motifs is 3. The number of allylic oxidation sites excluding steroid dienone is 1. The molecule has 0 unspecified atom stereocenters. The van der Waals surface area contributed by atoms with E-state index in [1.165, 1.54) is 11.1 Å². The summed E-state index contributed by atoms with van der Waals surface area (Å²) in [5.41, 5.74) is 3.58. The van der Waals surface area contributed by atoms with Crippen LogP contribution in [0.4, 0.5) is 0 Å². The van der Waals surface area contributed by atoms with Gasteiger partial charge in [0.25, 0.3) is 0 Å². The van der Waals surface area contributed by atoms with Gasteiger partial charge in [0.15, 0.2) is 0 Å². The van der Waals surface area contributed by atoms with Crippen LogP contribution in [-0.4, -0.2) is 11.6 Å². The highest BCUT2D eigenvalue weighted by Gasteiger charge is 2.34. The normalized spacial score (nSPS) is 15.4. The molecule has 4 aromatic rings. The molecule has 3 aliphatic rings. The van der Waals surface area contributed by atoms with E-state index < -0.39 is 0 Å². The zero-order valence-corrected chi connectivity index (χ0v) is 14.0. The van der Waals surface area contributed by atoms with Crippen molar-refractivity contribution < 1.29 is 9.59 Å². The molecule has 0 saturated heterocycles. The molecule has 4 aromatic carbocycles. The highest BCUT2D eigenvalue weighted by Crippen LogP contribution is 2.42. The number of hydrogen-bond acceptors (Lipinski definition) is 2. The van der Waals surface area contributed by atoms with Crippen molar-refractivity contribution in [1.29, 1.82) is 0 Å². The molecule has 0 fully saturated rings. The van der Waals surface area contributed by atoms with Crippen molar-refractivity contribution in [2.45, 2.75) is 12.8 Å². The Kier molecular flexibility index (Phi) is 2.51. The summed E-state index contributed by atoms with van der Waals surface area (Å²) in [5, 5.41) is 5.83. The Balaban J connectivity index is 1.89. The maximum Gasteiger partial charge on any atom is 0.234 e. The molecular formula is C24H14O2. The van der Waals surface area contributed by atoms with Crippen molar-refractivity contribution in [3.8, 4) is 0 Å². The van der Waals surface area contributed by atoms with E-state index in [4.69, 9.17) is 0 Å². The number of hydrogen-bond donors (Lipinski definition) is 0. The van der Waals surface area contributed by atoms with E-state index in [-0.39, 0.29) is 11.6 Å². The minimum absolute atomic E-state index is 0.360. The number of carbonyl (C=O) groups is 2. The van der Waals surface area contributed by atoms with Gasteiger partial charge in [0.2, 0.25) is 11.6 Å². The van der Waals surface area contributed by atoms with E-state index in [1.807, 2.05) is 24.3 Å². The second-order valence-electron chi connectivity index (χ2n) is 7.19. The molecule has 0 atom stereocenters. The zero-order valence-electron chi connectivity index (χ0n) is 14.0. The molecule has 122 valence electrons. The van der Waals surface area contributed by atoms with Gasteiger partial charge in [0.05, 0.1) is 0 Å². The lowest BCUT2D eigenvalue weighted by Crippen LogP contribution is -2.22. The molecule has 0 radical (unpaired) electrons. The Morgan fingerprint density at radius 1 is 0.692 bits per heavy atom. The van der Waals surface area contributed by atoms with Gasteiger partial charge in [-0.05, 0) is 80.6 Å². The second kappa shape index (κ2) is 4.67. The summed E-state index contributed by atoms with van der Waals surface area (Å²) in [7, 11) is 0. The average molecular weight is 334 g/mol. The Morgan fingerprint density at radius 3 is 1.92 bits per heavy atom. The quantitative estimate of drug-likeness (QED) is 0.315. The summed E-state index contributed by atoms with van der Waals surface area (Å²) in [6, 6.07) is 16.4. The molecule has 0 N–H and O–H groups in total. The summed E-state index contributed by atoms with van der Waals surface area (Å²) in [6.07, 6.45) is 6.29. The smallest absolute Gasteiger partial charge is 0.234 e. The summed E-state index contributed by atoms with van der Waals surface area (Å²) >= 11 is 0. The van der Waals surface area contributed by atoms with E-state index in [0.29, 0.717) is 11.1 Å². The molecule has 0 aliphatic heterocycles. The minimum atomic E-state index is -0.366. The predicted molar refractivity (Wildman–Crippen MR) is 105 cm³/mol. The first-order valence-corrected chi connectivity index (χ1v) is 8.93. The largest absolute Gasteiger partial charge is 0.285 e. The van der Waals surface area contributed by atoms with Gasteiger partial charge in [0, 0.05) is 11.1 Å². The molecule has 0 heterocycles. The molecule has 0 saturated carbocycles. The predicted octanol–water partition coefficient (Wildman–Crippen LogP) is 5.48. The third kappa shape index (κ3) is 1.62. The van der Waals surface area contributed by atoms with Gasteiger partial charge in [-0.1, -0.05) is 36.4 Å². The third-order valence-electron chi connectivity index (χ3n) is 5.78. The van der Waals surface area contributed by atoms with Gasteiger partial charge in [-0.3, -0.25) is 9.59 Å². The molecule has 26 heavy (non-hydrogen) atoms. The number of ketones is 2. The summed E-state index contributed by atoms with van der Waals surface area (Å²) in [6.45, 7) is 0. The van der Waals surface area contributed by atoms with Gasteiger partial charge >= 0.3 is 0 Å². The Hall–Kier alpha value is -3.26. The van der Waals surface area contributed by atoms with Crippen LogP contribution < -0.4 is 0 Å². The van der Waals surface area contributed by atoms with Crippen molar-refractivity contribution in [2.24, 2.45) is 0 Å². The second-order valence-corrected chi connectivity index (χ2v) is 7.19. The van der Waals surface area contributed by atoms with Crippen LogP contribution in [0.3, 0.4) is 0 Å². The third-order valence-corrected chi connectivity index (χ3v) is 5.78. The lowest BCUT2D eigenvalue weighted by molar-refractivity contribution is 0.0818. The van der Waals surface area contributed by atoms with Gasteiger partial charge in [0.1, 0.15) is 0 Å². The van der Waals surface area contributed by atoms with E-state index in [0.717, 1.165) is 45.2 Å². The fraction of sp³-hybridized carbons (Fsp3) is 0.0833. The van der Waals surface area contributed by atoms with Gasteiger partial charge in [-0.15, -0.1) is 0 Å². The maximum atomic E-state index is 12.8. The summed E-state index contributed by atoms with van der Waals surface area (Å²) in [5.74, 6) is -0.725. The Morgan fingerprint density at radius 2 is 1.27 bits per heavy atom. The molecule has 7 rings (SSSR count). The Bertz CT molecular complexity index is 1360. The van der Waals surface area contributed by atoms with E-state index >= 15 is 0 Å². The van der Waals surface area contributed by atoms with Crippen molar-refractivity contribution in [3.05, 3.63) is 76.9 Å². The van der Waals surface area contributed by atoms with Gasteiger partial charge < -0.3 is 0 Å². The lowest BCUT2D eigenvalue weighted by Gasteiger charge is -2.23. The number of carbonyl (C=O) groups excluding carboxylic acids is 2. The SMILES string of the molecule is O=C1C(=O)c2c3cc4c(cc3c1c1cc3ccccc3cc21)C=CCC4. The van der Waals surface area contributed by atoms with Crippen molar-refractivity contribution in [2.75, 3.05) is 0 Å². The zero-order chi connectivity index (χ0) is 17.4. The van der Waals surface area contributed by atoms with Gasteiger partial charge in [-0.2, -0.15) is 0 Å². The highest BCUT2D eigenvalue weighted by molar-refractivity contribution is 6.60. The van der Waals surface area contributed by atoms with Crippen LogP contribution in [0.25, 0.3) is 38.4 Å². The highest BCUT2D eigenvalue weighted by atomic mass is 16.2. The number of aryl methyl sites for hydroxylation is 1. The molecule has 0 amide bonds. The average Bonchev–Trinajstić information content (AvgIpc) is 2.67. The van der Waals surface area contributed by atoms with Gasteiger partial charge in [-0.25, -0.2) is 0 Å². The van der Waals surface area contributed by atoms with Crippen LogP contribution >= 0.6 is 0 Å². The molecule has 2 nitrogen and oxygen atoms in total. The van der Waals surface area contributed by atoms with Crippen LogP contribution in [0.2, 0.25) is 0 Å². The van der Waals surface area contributed by atoms with E-state index in [2.05, 4.69) is 36.4 Å². The first kappa shape index (κ1) is 14.0. The summed E-state index contributed by atoms with van der Waals surface area (Å²) in [4.78, 5) is 25.6. The standard InChI is InChI=1S/C24H14O2/c25-23-21-17-9-13-5-1-2-6-14(13)10-18(17)22(24(23)26)20-12-16-8-4-3-7-15(16)11-19(20)21/h1-3,5-7,9-12H,4,8H2. The number of benzene rings is 4. The van der Waals surface area contributed by atoms with Crippen LogP contribution in [-0.2, 0) is 6.42 Å². The molecule has 0 spiro atoms. The van der Waals surface area contributed by atoms with Crippen LogP contribution in [0.1, 0.15) is 38.3 Å². The lowest BCUT2D eigenvalue weighted by atomic mass is 9.78. The number of rotatable bonds is 0. The van der Waals surface area contributed by atoms with Crippen molar-refractivity contribution >= 4 is 50.0 Å². The van der Waals surface area contributed by atoms with E-state index in [1.54, 1.807) is 0 Å². The van der Waals surface area contributed by atoms with Crippen molar-refractivity contribution in [3.63, 3.8) is 0 Å². The monoisotopic (exact) mass is 334 g/mol. The van der Waals surface area contributed by atoms with Crippen LogP contribution in [0.15, 0.2) is 54.6 Å². The van der Waals surface area contributed by atoms with Crippen molar-refractivity contribution in [1.82, 2.24) is 0 Å². The number of Topliss-reactive ketones (excluding diaryl/α,β-unsaturated/α-hetero) is 2. The summed E-state index contributed by atoms with van der Waals surface area (Å²) < 4.78 is 0. The van der Waals surface area contributed by atoms with Crippen LogP contribution in [0.5, 0.6) is 0 Å². The molecular weight excluding hydrogens is 320 g/mol. The fourth-order valence-corrected chi connectivity index (χ4v) is 4.56. The minimum Gasteiger partial charge on any atom is -0.285 e. The first-order chi connectivity index (χ1) is 12.7. The Labute approximate surface area is 149 Å². The molecule has 2 heteroatoms. The first-order valence-electron chi connectivity index (χ1n) is 8.93. The molecule has 3 aliphatic carbocycles. The molecule has 0 aromatic heterocycles. The fourth-order valence-electron chi connectivity index (χ4n) is 4.56. The topological polar surface area (TPSA) is 34.1 Å². The van der Waals surface area contributed by atoms with Crippen LogP contribution in [0, 0.1) is 0 Å².